The van der Waals surface area contributed by atoms with E-state index in [1.165, 1.54) is 18.4 Å². The number of hydrogen-bond donors (Lipinski definition) is 2. The Kier molecular flexibility index (Phi) is 6.53. The summed E-state index contributed by atoms with van der Waals surface area (Å²) in [7, 11) is 0. The van der Waals surface area contributed by atoms with E-state index in [0.717, 1.165) is 48.4 Å². The van der Waals surface area contributed by atoms with Crippen LogP contribution >= 0.6 is 11.6 Å². The van der Waals surface area contributed by atoms with Crippen molar-refractivity contribution in [3.63, 3.8) is 0 Å². The number of ether oxygens (including phenoxy) is 1. The third kappa shape index (κ3) is 5.23. The molecule has 1 aliphatic heterocycles. The van der Waals surface area contributed by atoms with Crippen molar-refractivity contribution in [2.45, 2.75) is 26.0 Å². The van der Waals surface area contributed by atoms with Crippen molar-refractivity contribution in [2.75, 3.05) is 19.6 Å². The number of para-hydroxylation sites is 1. The van der Waals surface area contributed by atoms with E-state index in [9.17, 15) is 0 Å². The van der Waals surface area contributed by atoms with E-state index in [-0.39, 0.29) is 0 Å². The second kappa shape index (κ2) is 9.07. The minimum atomic E-state index is 0.558. The molecule has 0 atom stereocenters. The molecule has 2 aromatic rings. The highest BCUT2D eigenvalue weighted by Gasteiger charge is 2.12. The lowest BCUT2D eigenvalue weighted by molar-refractivity contribution is 0.301. The van der Waals surface area contributed by atoms with Crippen molar-refractivity contribution >= 4 is 11.6 Å². The Morgan fingerprint density at radius 1 is 1.04 bits per heavy atom. The first-order valence-electron chi connectivity index (χ1n) is 8.68. The van der Waals surface area contributed by atoms with Gasteiger partial charge < -0.3 is 15.4 Å². The molecule has 128 valence electrons. The van der Waals surface area contributed by atoms with Gasteiger partial charge in [-0.2, -0.15) is 0 Å². The van der Waals surface area contributed by atoms with Crippen LogP contribution in [0.15, 0.2) is 48.5 Å². The molecule has 1 saturated heterocycles. The van der Waals surface area contributed by atoms with Crippen molar-refractivity contribution in [1.82, 2.24) is 10.6 Å². The third-order valence-corrected chi connectivity index (χ3v) is 4.74. The van der Waals surface area contributed by atoms with E-state index in [1.807, 2.05) is 36.4 Å². The minimum Gasteiger partial charge on any atom is -0.489 e. The topological polar surface area (TPSA) is 33.3 Å². The van der Waals surface area contributed by atoms with Crippen LogP contribution in [0.1, 0.15) is 24.0 Å². The standard InChI is InChI=1S/C20H25ClN2O/c21-19-7-5-17(6-8-19)15-24-20-4-2-1-3-18(20)14-23-13-16-9-11-22-12-10-16/h1-8,16,22-23H,9-15H2. The first kappa shape index (κ1) is 17.3. The van der Waals surface area contributed by atoms with Gasteiger partial charge in [-0.1, -0.05) is 41.9 Å². The molecule has 0 amide bonds. The lowest BCUT2D eigenvalue weighted by atomic mass is 9.98. The summed E-state index contributed by atoms with van der Waals surface area (Å²) in [5.74, 6) is 1.73. The predicted octanol–water partition coefficient (Wildman–Crippen LogP) is 4.01. The van der Waals surface area contributed by atoms with Crippen LogP contribution < -0.4 is 15.4 Å². The van der Waals surface area contributed by atoms with E-state index < -0.39 is 0 Å². The van der Waals surface area contributed by atoms with Gasteiger partial charge in [0.25, 0.3) is 0 Å². The number of halogens is 1. The summed E-state index contributed by atoms with van der Waals surface area (Å²) in [5, 5.41) is 7.76. The van der Waals surface area contributed by atoms with Crippen molar-refractivity contribution < 1.29 is 4.74 Å². The van der Waals surface area contributed by atoms with Crippen LogP contribution in [0.4, 0.5) is 0 Å². The van der Waals surface area contributed by atoms with Gasteiger partial charge in [0.15, 0.2) is 0 Å². The van der Waals surface area contributed by atoms with Crippen molar-refractivity contribution in [1.29, 1.82) is 0 Å². The van der Waals surface area contributed by atoms with E-state index in [2.05, 4.69) is 22.8 Å². The molecule has 2 N–H and O–H groups in total. The average molecular weight is 345 g/mol. The zero-order valence-electron chi connectivity index (χ0n) is 13.9. The second-order valence-electron chi connectivity index (χ2n) is 6.35. The SMILES string of the molecule is Clc1ccc(COc2ccccc2CNCC2CCNCC2)cc1. The second-order valence-corrected chi connectivity index (χ2v) is 6.78. The summed E-state index contributed by atoms with van der Waals surface area (Å²) < 4.78 is 6.01. The Bertz CT molecular complexity index is 624. The first-order valence-corrected chi connectivity index (χ1v) is 9.05. The molecule has 0 bridgehead atoms. The summed E-state index contributed by atoms with van der Waals surface area (Å²) in [4.78, 5) is 0. The molecule has 0 spiro atoms. The Morgan fingerprint density at radius 3 is 2.58 bits per heavy atom. The minimum absolute atomic E-state index is 0.558. The molecule has 3 nitrogen and oxygen atoms in total. The lowest BCUT2D eigenvalue weighted by Crippen LogP contribution is -2.33. The van der Waals surface area contributed by atoms with Gasteiger partial charge in [0.2, 0.25) is 0 Å². The Balaban J connectivity index is 1.51. The molecule has 3 rings (SSSR count). The summed E-state index contributed by atoms with van der Waals surface area (Å²) >= 11 is 5.92. The van der Waals surface area contributed by atoms with Crippen LogP contribution in [-0.4, -0.2) is 19.6 Å². The van der Waals surface area contributed by atoms with Crippen LogP contribution in [-0.2, 0) is 13.2 Å². The van der Waals surface area contributed by atoms with E-state index >= 15 is 0 Å². The van der Waals surface area contributed by atoms with Crippen molar-refractivity contribution in [2.24, 2.45) is 5.92 Å². The van der Waals surface area contributed by atoms with Gasteiger partial charge in [-0.05, 0) is 62.2 Å². The molecule has 1 fully saturated rings. The van der Waals surface area contributed by atoms with Crippen LogP contribution in [0.5, 0.6) is 5.75 Å². The zero-order valence-corrected chi connectivity index (χ0v) is 14.7. The fraction of sp³-hybridized carbons (Fsp3) is 0.400. The lowest BCUT2D eigenvalue weighted by Gasteiger charge is -2.23. The summed E-state index contributed by atoms with van der Waals surface area (Å²) in [6, 6.07) is 16.0. The third-order valence-electron chi connectivity index (χ3n) is 4.49. The molecule has 0 radical (unpaired) electrons. The van der Waals surface area contributed by atoms with E-state index in [0.29, 0.717) is 6.61 Å². The van der Waals surface area contributed by atoms with Gasteiger partial charge in [0, 0.05) is 17.1 Å². The molecule has 4 heteroatoms. The van der Waals surface area contributed by atoms with Gasteiger partial charge >= 0.3 is 0 Å². The quantitative estimate of drug-likeness (QED) is 0.796. The molecule has 0 aromatic heterocycles. The van der Waals surface area contributed by atoms with Gasteiger partial charge in [-0.15, -0.1) is 0 Å². The van der Waals surface area contributed by atoms with E-state index in [1.54, 1.807) is 0 Å². The molecule has 0 saturated carbocycles. The van der Waals surface area contributed by atoms with E-state index in [4.69, 9.17) is 16.3 Å². The van der Waals surface area contributed by atoms with Gasteiger partial charge in [0.05, 0.1) is 0 Å². The average Bonchev–Trinajstić information content (AvgIpc) is 2.63. The van der Waals surface area contributed by atoms with Crippen LogP contribution in [0.25, 0.3) is 0 Å². The molecular weight excluding hydrogens is 320 g/mol. The number of nitrogens with one attached hydrogen (secondary N) is 2. The number of piperidine rings is 1. The molecule has 1 heterocycles. The summed E-state index contributed by atoms with van der Waals surface area (Å²) in [5.41, 5.74) is 2.33. The van der Waals surface area contributed by atoms with Crippen LogP contribution in [0.3, 0.4) is 0 Å². The highest BCUT2D eigenvalue weighted by atomic mass is 35.5. The molecule has 0 aliphatic carbocycles. The maximum Gasteiger partial charge on any atom is 0.124 e. The normalized spacial score (nSPS) is 15.4. The van der Waals surface area contributed by atoms with Crippen LogP contribution in [0.2, 0.25) is 5.02 Å². The Labute approximate surface area is 149 Å². The highest BCUT2D eigenvalue weighted by Crippen LogP contribution is 2.20. The van der Waals surface area contributed by atoms with Crippen molar-refractivity contribution in [3.05, 3.63) is 64.7 Å². The van der Waals surface area contributed by atoms with Crippen molar-refractivity contribution in [3.8, 4) is 5.75 Å². The van der Waals surface area contributed by atoms with Gasteiger partial charge in [-0.3, -0.25) is 0 Å². The fourth-order valence-corrected chi connectivity index (χ4v) is 3.16. The molecule has 1 aliphatic rings. The summed E-state index contributed by atoms with van der Waals surface area (Å²) in [6.07, 6.45) is 2.53. The number of rotatable bonds is 7. The summed E-state index contributed by atoms with van der Waals surface area (Å²) in [6.45, 7) is 4.77. The monoisotopic (exact) mass is 344 g/mol. The zero-order chi connectivity index (χ0) is 16.6. The number of benzene rings is 2. The number of hydrogen-bond acceptors (Lipinski definition) is 3. The largest absolute Gasteiger partial charge is 0.489 e. The fourth-order valence-electron chi connectivity index (χ4n) is 3.03. The predicted molar refractivity (Wildman–Crippen MR) is 99.5 cm³/mol. The Hall–Kier alpha value is -1.55. The first-order chi connectivity index (χ1) is 11.8. The highest BCUT2D eigenvalue weighted by molar-refractivity contribution is 6.30. The molecule has 2 aromatic carbocycles. The van der Waals surface area contributed by atoms with Crippen LogP contribution in [0, 0.1) is 5.92 Å². The maximum atomic E-state index is 6.01. The Morgan fingerprint density at radius 2 is 1.79 bits per heavy atom. The van der Waals surface area contributed by atoms with Gasteiger partial charge in [-0.25, -0.2) is 0 Å². The molecule has 24 heavy (non-hydrogen) atoms. The smallest absolute Gasteiger partial charge is 0.124 e. The maximum absolute atomic E-state index is 6.01. The molecule has 0 unspecified atom stereocenters. The molecular formula is C20H25ClN2O. The van der Waals surface area contributed by atoms with Gasteiger partial charge in [0.1, 0.15) is 12.4 Å².